The SMILES string of the molecule is COc1ccc(-c2nc(-c3ccccc3)[nH]c(=O)c2F)cc1. The van der Waals surface area contributed by atoms with Crippen LogP contribution >= 0.6 is 0 Å². The highest BCUT2D eigenvalue weighted by molar-refractivity contribution is 5.64. The lowest BCUT2D eigenvalue weighted by atomic mass is 10.1. The lowest BCUT2D eigenvalue weighted by Gasteiger charge is -2.07. The molecule has 0 aliphatic rings. The Morgan fingerprint density at radius 1 is 1.00 bits per heavy atom. The summed E-state index contributed by atoms with van der Waals surface area (Å²) in [5.41, 5.74) is 0.459. The van der Waals surface area contributed by atoms with Crippen LogP contribution in [0.4, 0.5) is 4.39 Å². The van der Waals surface area contributed by atoms with Crippen LogP contribution in [-0.4, -0.2) is 17.1 Å². The fourth-order valence-corrected chi connectivity index (χ4v) is 2.13. The van der Waals surface area contributed by atoms with Gasteiger partial charge in [0, 0.05) is 11.1 Å². The molecule has 0 spiro atoms. The quantitative estimate of drug-likeness (QED) is 0.807. The molecule has 0 atom stereocenters. The Hall–Kier alpha value is -2.95. The van der Waals surface area contributed by atoms with E-state index in [0.29, 0.717) is 17.1 Å². The number of ether oxygens (including phenoxy) is 1. The van der Waals surface area contributed by atoms with Crippen molar-refractivity contribution < 1.29 is 9.13 Å². The number of hydrogen-bond acceptors (Lipinski definition) is 3. The molecule has 0 aliphatic carbocycles. The largest absolute Gasteiger partial charge is 0.497 e. The van der Waals surface area contributed by atoms with E-state index in [1.54, 1.807) is 43.5 Å². The molecule has 1 aromatic heterocycles. The van der Waals surface area contributed by atoms with Crippen molar-refractivity contribution in [3.8, 4) is 28.4 Å². The lowest BCUT2D eigenvalue weighted by Crippen LogP contribution is -2.15. The molecule has 2 aromatic carbocycles. The van der Waals surface area contributed by atoms with Gasteiger partial charge in [0.25, 0.3) is 5.56 Å². The molecule has 0 amide bonds. The minimum absolute atomic E-state index is 0.0188. The maximum absolute atomic E-state index is 14.1. The average Bonchev–Trinajstić information content (AvgIpc) is 2.58. The van der Waals surface area contributed by atoms with Crippen LogP contribution in [0.25, 0.3) is 22.6 Å². The number of aromatic nitrogens is 2. The first kappa shape index (κ1) is 14.0. The first-order valence-electron chi connectivity index (χ1n) is 6.68. The van der Waals surface area contributed by atoms with Crippen molar-refractivity contribution in [3.05, 3.63) is 70.8 Å². The summed E-state index contributed by atoms with van der Waals surface area (Å²) in [6.45, 7) is 0. The number of benzene rings is 2. The van der Waals surface area contributed by atoms with E-state index >= 15 is 0 Å². The number of nitrogens with zero attached hydrogens (tertiary/aromatic N) is 1. The first-order valence-corrected chi connectivity index (χ1v) is 6.68. The van der Waals surface area contributed by atoms with E-state index in [-0.39, 0.29) is 5.69 Å². The minimum Gasteiger partial charge on any atom is -0.497 e. The Labute approximate surface area is 126 Å². The number of methoxy groups -OCH3 is 1. The standard InChI is InChI=1S/C17H13FN2O2/c1-22-13-9-7-11(8-10-13)15-14(18)17(21)20-16(19-15)12-5-3-2-4-6-12/h2-10H,1H3,(H,19,20,21). The fourth-order valence-electron chi connectivity index (χ4n) is 2.13. The summed E-state index contributed by atoms with van der Waals surface area (Å²) in [6.07, 6.45) is 0. The Morgan fingerprint density at radius 3 is 2.32 bits per heavy atom. The third-order valence-corrected chi connectivity index (χ3v) is 3.27. The van der Waals surface area contributed by atoms with Gasteiger partial charge in [-0.05, 0) is 24.3 Å². The third-order valence-electron chi connectivity index (χ3n) is 3.27. The molecule has 3 aromatic rings. The van der Waals surface area contributed by atoms with Crippen molar-refractivity contribution in [1.29, 1.82) is 0 Å². The van der Waals surface area contributed by atoms with Crippen LogP contribution in [-0.2, 0) is 0 Å². The van der Waals surface area contributed by atoms with Crippen LogP contribution in [0.15, 0.2) is 59.4 Å². The van der Waals surface area contributed by atoms with Gasteiger partial charge in [-0.15, -0.1) is 0 Å². The lowest BCUT2D eigenvalue weighted by molar-refractivity contribution is 0.415. The van der Waals surface area contributed by atoms with Crippen molar-refractivity contribution in [2.45, 2.75) is 0 Å². The molecular formula is C17H13FN2O2. The zero-order chi connectivity index (χ0) is 15.5. The average molecular weight is 296 g/mol. The van der Waals surface area contributed by atoms with Gasteiger partial charge in [0.2, 0.25) is 5.82 Å². The zero-order valence-corrected chi connectivity index (χ0v) is 11.8. The molecule has 0 bridgehead atoms. The molecule has 0 saturated carbocycles. The van der Waals surface area contributed by atoms with Crippen molar-refractivity contribution in [2.75, 3.05) is 7.11 Å². The molecule has 22 heavy (non-hydrogen) atoms. The van der Waals surface area contributed by atoms with Crippen LogP contribution in [0.3, 0.4) is 0 Å². The summed E-state index contributed by atoms with van der Waals surface area (Å²) in [5, 5.41) is 0. The van der Waals surface area contributed by atoms with Gasteiger partial charge >= 0.3 is 0 Å². The number of aromatic amines is 1. The molecule has 1 heterocycles. The van der Waals surface area contributed by atoms with E-state index in [4.69, 9.17) is 4.74 Å². The monoisotopic (exact) mass is 296 g/mol. The van der Waals surface area contributed by atoms with Crippen LogP contribution in [0, 0.1) is 5.82 Å². The van der Waals surface area contributed by atoms with Crippen molar-refractivity contribution in [3.63, 3.8) is 0 Å². The van der Waals surface area contributed by atoms with Crippen LogP contribution in [0.5, 0.6) is 5.75 Å². The second kappa shape index (κ2) is 5.81. The van der Waals surface area contributed by atoms with Crippen molar-refractivity contribution in [1.82, 2.24) is 9.97 Å². The minimum atomic E-state index is -0.898. The van der Waals surface area contributed by atoms with Gasteiger partial charge in [-0.3, -0.25) is 4.79 Å². The summed E-state index contributed by atoms with van der Waals surface area (Å²) >= 11 is 0. The molecule has 3 rings (SSSR count). The van der Waals surface area contributed by atoms with Crippen LogP contribution < -0.4 is 10.3 Å². The summed E-state index contributed by atoms with van der Waals surface area (Å²) < 4.78 is 19.2. The number of rotatable bonds is 3. The summed E-state index contributed by atoms with van der Waals surface area (Å²) in [5.74, 6) is 0.0833. The van der Waals surface area contributed by atoms with Crippen LogP contribution in [0.1, 0.15) is 0 Å². The van der Waals surface area contributed by atoms with Gasteiger partial charge in [-0.1, -0.05) is 30.3 Å². The highest BCUT2D eigenvalue weighted by Crippen LogP contribution is 2.23. The van der Waals surface area contributed by atoms with E-state index in [1.807, 2.05) is 18.2 Å². The number of hydrogen-bond donors (Lipinski definition) is 1. The van der Waals surface area contributed by atoms with E-state index in [0.717, 1.165) is 5.56 Å². The Balaban J connectivity index is 2.14. The van der Waals surface area contributed by atoms with E-state index in [1.165, 1.54) is 0 Å². The van der Waals surface area contributed by atoms with Crippen molar-refractivity contribution in [2.24, 2.45) is 0 Å². The molecular weight excluding hydrogens is 283 g/mol. The molecule has 1 N–H and O–H groups in total. The maximum atomic E-state index is 14.1. The summed E-state index contributed by atoms with van der Waals surface area (Å²) in [6, 6.07) is 15.8. The predicted octanol–water partition coefficient (Wildman–Crippen LogP) is 3.25. The highest BCUT2D eigenvalue weighted by Gasteiger charge is 2.14. The topological polar surface area (TPSA) is 55.0 Å². The van der Waals surface area contributed by atoms with E-state index in [2.05, 4.69) is 9.97 Å². The third kappa shape index (κ3) is 2.61. The van der Waals surface area contributed by atoms with E-state index < -0.39 is 11.4 Å². The van der Waals surface area contributed by atoms with Gasteiger partial charge in [0.1, 0.15) is 17.3 Å². The molecule has 5 heteroatoms. The van der Waals surface area contributed by atoms with E-state index in [9.17, 15) is 9.18 Å². The summed E-state index contributed by atoms with van der Waals surface area (Å²) in [7, 11) is 1.55. The molecule has 110 valence electrons. The highest BCUT2D eigenvalue weighted by atomic mass is 19.1. The molecule has 0 saturated heterocycles. The second-order valence-electron chi connectivity index (χ2n) is 4.67. The maximum Gasteiger partial charge on any atom is 0.287 e. The molecule has 0 aliphatic heterocycles. The number of H-pyrrole nitrogens is 1. The number of nitrogens with one attached hydrogen (secondary N) is 1. The van der Waals surface area contributed by atoms with Crippen molar-refractivity contribution >= 4 is 0 Å². The number of halogens is 1. The second-order valence-corrected chi connectivity index (χ2v) is 4.67. The molecule has 0 fully saturated rings. The first-order chi connectivity index (χ1) is 10.7. The smallest absolute Gasteiger partial charge is 0.287 e. The van der Waals surface area contributed by atoms with Crippen LogP contribution in [0.2, 0.25) is 0 Å². The normalized spacial score (nSPS) is 10.5. The molecule has 0 unspecified atom stereocenters. The summed E-state index contributed by atoms with van der Waals surface area (Å²) in [4.78, 5) is 18.6. The Kier molecular flexibility index (Phi) is 3.70. The fraction of sp³-hybridized carbons (Fsp3) is 0.0588. The molecule has 0 radical (unpaired) electrons. The van der Waals surface area contributed by atoms with Gasteiger partial charge in [-0.25, -0.2) is 4.98 Å². The zero-order valence-electron chi connectivity index (χ0n) is 11.8. The van der Waals surface area contributed by atoms with Gasteiger partial charge in [-0.2, -0.15) is 4.39 Å². The molecule has 4 nitrogen and oxygen atoms in total. The predicted molar refractivity (Wildman–Crippen MR) is 82.2 cm³/mol. The Bertz CT molecular complexity index is 843. The van der Waals surface area contributed by atoms with Gasteiger partial charge in [0.05, 0.1) is 7.11 Å². The van der Waals surface area contributed by atoms with Gasteiger partial charge < -0.3 is 9.72 Å². The Morgan fingerprint density at radius 2 is 1.68 bits per heavy atom. The van der Waals surface area contributed by atoms with Gasteiger partial charge in [0.15, 0.2) is 0 Å².